The molecule has 2 aromatic carbocycles. The van der Waals surface area contributed by atoms with Gasteiger partial charge in [0.25, 0.3) is 0 Å². The Hall–Kier alpha value is -1.64. The van der Waals surface area contributed by atoms with Crippen LogP contribution in [-0.4, -0.2) is 10.7 Å². The highest BCUT2D eigenvalue weighted by molar-refractivity contribution is 5.22. The van der Waals surface area contributed by atoms with Crippen molar-refractivity contribution in [2.45, 2.75) is 50.8 Å². The number of quaternary nitrogens is 1. The third kappa shape index (κ3) is 3.34. The quantitative estimate of drug-likeness (QED) is 0.889. The fraction of sp³-hybridized carbons (Fsp3) is 0.429. The Morgan fingerprint density at radius 3 is 2.13 bits per heavy atom. The Morgan fingerprint density at radius 2 is 1.57 bits per heavy atom. The van der Waals surface area contributed by atoms with Gasteiger partial charge in [0.1, 0.15) is 12.1 Å². The van der Waals surface area contributed by atoms with Crippen LogP contribution in [-0.2, 0) is 0 Å². The molecule has 0 bridgehead atoms. The van der Waals surface area contributed by atoms with Crippen molar-refractivity contribution in [2.24, 2.45) is 5.92 Å². The summed E-state index contributed by atoms with van der Waals surface area (Å²) in [5.74, 6) is 0.241. The zero-order valence-electron chi connectivity index (χ0n) is 14.2. The van der Waals surface area contributed by atoms with E-state index in [-0.39, 0.29) is 5.92 Å². The van der Waals surface area contributed by atoms with Crippen molar-refractivity contribution in [3.8, 4) is 0 Å². The van der Waals surface area contributed by atoms with Crippen molar-refractivity contribution in [2.75, 3.05) is 0 Å². The molecule has 2 heteroatoms. The zero-order valence-corrected chi connectivity index (χ0v) is 14.2. The van der Waals surface area contributed by atoms with Gasteiger partial charge in [-0.05, 0) is 6.42 Å². The van der Waals surface area contributed by atoms with Crippen LogP contribution in [0.2, 0.25) is 0 Å². The van der Waals surface area contributed by atoms with Gasteiger partial charge in [-0.2, -0.15) is 0 Å². The Bertz CT molecular complexity index is 612. The van der Waals surface area contributed by atoms with E-state index in [1.54, 1.807) is 0 Å². The molecule has 0 amide bonds. The molecule has 0 saturated carbocycles. The van der Waals surface area contributed by atoms with Crippen molar-refractivity contribution in [3.63, 3.8) is 0 Å². The summed E-state index contributed by atoms with van der Waals surface area (Å²) >= 11 is 0. The Morgan fingerprint density at radius 1 is 1.00 bits per heavy atom. The van der Waals surface area contributed by atoms with Crippen LogP contribution in [0.1, 0.15) is 56.3 Å². The van der Waals surface area contributed by atoms with Gasteiger partial charge in [0.15, 0.2) is 0 Å². The second-order valence-electron chi connectivity index (χ2n) is 6.99. The number of benzene rings is 2. The molecule has 4 atom stereocenters. The first kappa shape index (κ1) is 16.2. The standard InChI is InChI=1S/C21H27NO/c1-3-14-21(23)15-19(17-10-6-4-7-11-17)22-20(16(21)2)18-12-8-5-9-13-18/h4-13,16,19-20,22-23H,3,14-15H2,1-2H3/p+1/t16-,19-,20-,21-/m0/s1. The molecule has 0 radical (unpaired) electrons. The molecule has 2 aromatic rings. The highest BCUT2D eigenvalue weighted by Crippen LogP contribution is 2.41. The number of rotatable bonds is 4. The largest absolute Gasteiger partial charge is 0.389 e. The lowest BCUT2D eigenvalue weighted by atomic mass is 9.70. The van der Waals surface area contributed by atoms with Crippen molar-refractivity contribution >= 4 is 0 Å². The number of hydrogen-bond acceptors (Lipinski definition) is 1. The van der Waals surface area contributed by atoms with Crippen molar-refractivity contribution in [3.05, 3.63) is 71.8 Å². The second kappa shape index (κ2) is 6.86. The maximum absolute atomic E-state index is 11.4. The molecular weight excluding hydrogens is 282 g/mol. The number of hydrogen-bond donors (Lipinski definition) is 2. The lowest BCUT2D eigenvalue weighted by Crippen LogP contribution is -2.91. The predicted octanol–water partition coefficient (Wildman–Crippen LogP) is 3.60. The van der Waals surface area contributed by atoms with Gasteiger partial charge in [0, 0.05) is 23.5 Å². The molecule has 1 saturated heterocycles. The van der Waals surface area contributed by atoms with E-state index >= 15 is 0 Å². The van der Waals surface area contributed by atoms with Crippen LogP contribution < -0.4 is 5.32 Å². The molecule has 1 heterocycles. The maximum Gasteiger partial charge on any atom is 0.117 e. The third-order valence-corrected chi connectivity index (χ3v) is 5.49. The SMILES string of the molecule is CCC[C@]1(O)C[C@@H](c2ccccc2)[NH2+][C@H](c2ccccc2)[C@@H]1C. The fourth-order valence-corrected chi connectivity index (χ4v) is 4.15. The molecule has 1 aliphatic heterocycles. The van der Waals surface area contributed by atoms with Crippen LogP contribution in [0.25, 0.3) is 0 Å². The van der Waals surface area contributed by atoms with E-state index in [2.05, 4.69) is 79.8 Å². The predicted molar refractivity (Wildman–Crippen MR) is 93.9 cm³/mol. The van der Waals surface area contributed by atoms with E-state index in [9.17, 15) is 5.11 Å². The minimum absolute atomic E-state index is 0.241. The monoisotopic (exact) mass is 310 g/mol. The van der Waals surface area contributed by atoms with E-state index in [1.807, 2.05) is 0 Å². The average Bonchev–Trinajstić information content (AvgIpc) is 2.59. The molecule has 0 unspecified atom stereocenters. The lowest BCUT2D eigenvalue weighted by molar-refractivity contribution is -0.756. The van der Waals surface area contributed by atoms with E-state index < -0.39 is 5.60 Å². The molecule has 3 N–H and O–H groups in total. The Balaban J connectivity index is 1.95. The summed E-state index contributed by atoms with van der Waals surface area (Å²) in [6, 6.07) is 21.9. The first-order chi connectivity index (χ1) is 11.1. The van der Waals surface area contributed by atoms with Crippen LogP contribution in [0.15, 0.2) is 60.7 Å². The molecule has 0 spiro atoms. The highest BCUT2D eigenvalue weighted by Gasteiger charge is 2.48. The summed E-state index contributed by atoms with van der Waals surface area (Å²) in [6.07, 6.45) is 2.72. The topological polar surface area (TPSA) is 36.8 Å². The molecule has 1 fully saturated rings. The molecule has 23 heavy (non-hydrogen) atoms. The first-order valence-electron chi connectivity index (χ1n) is 8.81. The zero-order chi connectivity index (χ0) is 16.3. The summed E-state index contributed by atoms with van der Waals surface area (Å²) in [7, 11) is 0. The average molecular weight is 310 g/mol. The number of nitrogens with two attached hydrogens (primary N) is 1. The van der Waals surface area contributed by atoms with Crippen LogP contribution in [0, 0.1) is 5.92 Å². The minimum atomic E-state index is -0.593. The van der Waals surface area contributed by atoms with Gasteiger partial charge >= 0.3 is 0 Å². The summed E-state index contributed by atoms with van der Waals surface area (Å²) in [5.41, 5.74) is 2.04. The van der Waals surface area contributed by atoms with Gasteiger partial charge in [0.2, 0.25) is 0 Å². The summed E-state index contributed by atoms with van der Waals surface area (Å²) in [5, 5.41) is 13.8. The Labute approximate surface area is 139 Å². The van der Waals surface area contributed by atoms with Crippen molar-refractivity contribution < 1.29 is 10.4 Å². The Kier molecular flexibility index (Phi) is 4.84. The summed E-state index contributed by atoms with van der Waals surface area (Å²) in [6.45, 7) is 4.38. The third-order valence-electron chi connectivity index (χ3n) is 5.49. The van der Waals surface area contributed by atoms with E-state index in [0.717, 1.165) is 19.3 Å². The minimum Gasteiger partial charge on any atom is -0.389 e. The van der Waals surface area contributed by atoms with E-state index in [0.29, 0.717) is 12.1 Å². The van der Waals surface area contributed by atoms with Gasteiger partial charge in [-0.25, -0.2) is 0 Å². The van der Waals surface area contributed by atoms with Crippen LogP contribution in [0.5, 0.6) is 0 Å². The molecule has 3 rings (SSSR count). The normalized spacial score (nSPS) is 31.0. The van der Waals surface area contributed by atoms with Crippen molar-refractivity contribution in [1.82, 2.24) is 0 Å². The van der Waals surface area contributed by atoms with E-state index in [1.165, 1.54) is 11.1 Å². The fourth-order valence-electron chi connectivity index (χ4n) is 4.15. The van der Waals surface area contributed by atoms with Crippen LogP contribution >= 0.6 is 0 Å². The molecule has 2 nitrogen and oxygen atoms in total. The summed E-state index contributed by atoms with van der Waals surface area (Å²) in [4.78, 5) is 0. The molecule has 1 aliphatic rings. The maximum atomic E-state index is 11.4. The smallest absolute Gasteiger partial charge is 0.117 e. The van der Waals surface area contributed by atoms with Gasteiger partial charge in [-0.1, -0.05) is 80.9 Å². The number of piperidine rings is 1. The van der Waals surface area contributed by atoms with Gasteiger partial charge in [0.05, 0.1) is 5.60 Å². The van der Waals surface area contributed by atoms with Crippen LogP contribution in [0.3, 0.4) is 0 Å². The first-order valence-corrected chi connectivity index (χ1v) is 8.81. The molecule has 0 aromatic heterocycles. The van der Waals surface area contributed by atoms with Crippen molar-refractivity contribution in [1.29, 1.82) is 0 Å². The van der Waals surface area contributed by atoms with Gasteiger partial charge in [-0.3, -0.25) is 0 Å². The second-order valence-corrected chi connectivity index (χ2v) is 6.99. The van der Waals surface area contributed by atoms with Crippen LogP contribution in [0.4, 0.5) is 0 Å². The summed E-state index contributed by atoms with van der Waals surface area (Å²) < 4.78 is 0. The molecule has 0 aliphatic carbocycles. The molecule has 122 valence electrons. The van der Waals surface area contributed by atoms with Gasteiger partial charge in [-0.15, -0.1) is 0 Å². The number of aliphatic hydroxyl groups is 1. The highest BCUT2D eigenvalue weighted by atomic mass is 16.3. The van der Waals surface area contributed by atoms with E-state index in [4.69, 9.17) is 0 Å². The molecular formula is C21H28NO+. The van der Waals surface area contributed by atoms with Gasteiger partial charge < -0.3 is 10.4 Å². The lowest BCUT2D eigenvalue weighted by Gasteiger charge is -2.45.